The Morgan fingerprint density at radius 1 is 0.862 bits per heavy atom. The van der Waals surface area contributed by atoms with Crippen LogP contribution < -0.4 is 15.4 Å². The van der Waals surface area contributed by atoms with Crippen LogP contribution in [0.2, 0.25) is 0 Å². The monoisotopic (exact) mass is 882 g/mol. The highest BCUT2D eigenvalue weighted by Crippen LogP contribution is 2.44. The Morgan fingerprint density at radius 3 is 2.40 bits per heavy atom. The second-order valence-corrected chi connectivity index (χ2v) is 17.6. The first-order chi connectivity index (χ1) is 31.5. The summed E-state index contributed by atoms with van der Waals surface area (Å²) in [5, 5.41) is 7.45. The van der Waals surface area contributed by atoms with Crippen LogP contribution in [0.15, 0.2) is 79.0 Å². The van der Waals surface area contributed by atoms with Crippen molar-refractivity contribution in [1.29, 1.82) is 0 Å². The normalized spacial score (nSPS) is 20.0. The fraction of sp³-hybridized carbons (Fsp3) is 0.388. The van der Waals surface area contributed by atoms with Crippen molar-refractivity contribution in [3.63, 3.8) is 0 Å². The van der Waals surface area contributed by atoms with Crippen molar-refractivity contribution in [2.24, 2.45) is 11.8 Å². The van der Waals surface area contributed by atoms with E-state index >= 15 is 0 Å². The molecule has 65 heavy (non-hydrogen) atoms. The van der Waals surface area contributed by atoms with Gasteiger partial charge in [-0.15, -0.1) is 0 Å². The van der Waals surface area contributed by atoms with E-state index in [4.69, 9.17) is 28.9 Å². The molecule has 0 aliphatic carbocycles. The van der Waals surface area contributed by atoms with Gasteiger partial charge in [-0.2, -0.15) is 0 Å². The third-order valence-electron chi connectivity index (χ3n) is 13.1. The minimum atomic E-state index is -0.948. The number of ether oxygens (including phenoxy) is 4. The molecule has 4 N–H and O–H groups in total. The van der Waals surface area contributed by atoms with E-state index in [0.717, 1.165) is 68.3 Å². The first-order valence-corrected chi connectivity index (χ1v) is 22.1. The average molecular weight is 883 g/mol. The van der Waals surface area contributed by atoms with Crippen molar-refractivity contribution in [3.8, 4) is 28.1 Å². The molecule has 338 valence electrons. The maximum Gasteiger partial charge on any atom is 0.407 e. The van der Waals surface area contributed by atoms with E-state index in [9.17, 15) is 19.2 Å². The van der Waals surface area contributed by atoms with Gasteiger partial charge in [0.15, 0.2) is 0 Å². The number of nitrogens with one attached hydrogen (secondary N) is 4. The number of carbonyl (C=O) groups is 4. The molecule has 16 nitrogen and oxygen atoms in total. The van der Waals surface area contributed by atoms with E-state index in [2.05, 4.69) is 57.0 Å². The number of hydrogen-bond acceptors (Lipinski definition) is 10. The predicted molar refractivity (Wildman–Crippen MR) is 243 cm³/mol. The third kappa shape index (κ3) is 8.22. The van der Waals surface area contributed by atoms with E-state index in [-0.39, 0.29) is 41.8 Å². The summed E-state index contributed by atoms with van der Waals surface area (Å²) in [5.74, 6) is 1.62. The number of likely N-dealkylation sites (tertiary alicyclic amines) is 2. The van der Waals surface area contributed by atoms with Crippen LogP contribution in [0.1, 0.15) is 80.9 Å². The Bertz CT molecular complexity index is 2770. The lowest BCUT2D eigenvalue weighted by molar-refractivity contribution is -0.137. The summed E-state index contributed by atoms with van der Waals surface area (Å²) >= 11 is 0. The molecule has 3 aliphatic rings. The van der Waals surface area contributed by atoms with Gasteiger partial charge >= 0.3 is 12.2 Å². The Morgan fingerprint density at radius 2 is 1.65 bits per heavy atom. The van der Waals surface area contributed by atoms with Crippen LogP contribution in [-0.4, -0.2) is 100 Å². The van der Waals surface area contributed by atoms with Gasteiger partial charge < -0.3 is 49.3 Å². The van der Waals surface area contributed by atoms with E-state index in [1.807, 2.05) is 62.1 Å². The van der Waals surface area contributed by atoms with Gasteiger partial charge in [0.2, 0.25) is 5.91 Å². The highest BCUT2D eigenvalue weighted by molar-refractivity contribution is 6.07. The maximum absolute atomic E-state index is 14.3. The number of benzene rings is 4. The molecule has 2 aromatic heterocycles. The number of rotatable bonds is 11. The van der Waals surface area contributed by atoms with Crippen molar-refractivity contribution in [3.05, 3.63) is 102 Å². The van der Waals surface area contributed by atoms with Gasteiger partial charge in [0.25, 0.3) is 5.91 Å². The maximum atomic E-state index is 14.3. The number of aromatic nitrogens is 4. The van der Waals surface area contributed by atoms with E-state index in [1.54, 1.807) is 18.2 Å². The largest absolute Gasteiger partial charge is 0.488 e. The summed E-state index contributed by atoms with van der Waals surface area (Å²) < 4.78 is 21.7. The summed E-state index contributed by atoms with van der Waals surface area (Å²) in [6.45, 7) is 7.12. The van der Waals surface area contributed by atoms with Crippen LogP contribution in [0.4, 0.5) is 9.59 Å². The number of methoxy groups -OCH3 is 3. The molecule has 0 saturated carbocycles. The van der Waals surface area contributed by atoms with Crippen LogP contribution in [0.5, 0.6) is 5.75 Å². The second kappa shape index (κ2) is 17.9. The molecule has 4 aromatic carbocycles. The molecule has 3 aliphatic heterocycles. The van der Waals surface area contributed by atoms with Gasteiger partial charge in [0, 0.05) is 36.6 Å². The van der Waals surface area contributed by atoms with E-state index < -0.39 is 24.3 Å². The highest BCUT2D eigenvalue weighted by atomic mass is 16.5. The van der Waals surface area contributed by atoms with Crippen molar-refractivity contribution in [2.75, 3.05) is 34.5 Å². The minimum absolute atomic E-state index is 0.0342. The fourth-order valence-corrected chi connectivity index (χ4v) is 9.83. The van der Waals surface area contributed by atoms with Crippen molar-refractivity contribution >= 4 is 45.8 Å². The van der Waals surface area contributed by atoms with Crippen LogP contribution >= 0.6 is 0 Å². The van der Waals surface area contributed by atoms with Gasteiger partial charge in [0.1, 0.15) is 36.1 Å². The topological polar surface area (TPSA) is 193 Å². The SMILES string of the molecule is COC[C@H]1C[C@@H](c2ncc(-c3ccc4c(c3)COc3cc5c(ccc6nc([C@@H]7CC[C@H](C)N7C(=O)[C@@H](NC(=O)OC)C(C)C)[nH]c65)cc3-4)[nH]2)N(C(=O)C(NC(=O)OC)c2ccccc2)C1. The molecule has 0 spiro atoms. The van der Waals surface area contributed by atoms with E-state index in [1.165, 1.54) is 14.2 Å². The molecule has 6 aromatic rings. The van der Waals surface area contributed by atoms with Gasteiger partial charge in [-0.25, -0.2) is 19.6 Å². The lowest BCUT2D eigenvalue weighted by atomic mass is 9.92. The van der Waals surface area contributed by atoms with Gasteiger partial charge in [-0.05, 0) is 84.0 Å². The lowest BCUT2D eigenvalue weighted by Crippen LogP contribution is -2.52. The van der Waals surface area contributed by atoms with Crippen LogP contribution in [0, 0.1) is 11.8 Å². The predicted octanol–water partition coefficient (Wildman–Crippen LogP) is 7.73. The molecule has 4 amide bonds. The molecule has 1 unspecified atom stereocenters. The highest BCUT2D eigenvalue weighted by Gasteiger charge is 2.43. The van der Waals surface area contributed by atoms with Gasteiger partial charge in [-0.3, -0.25) is 9.59 Å². The summed E-state index contributed by atoms with van der Waals surface area (Å²) in [6, 6.07) is 21.3. The van der Waals surface area contributed by atoms with Gasteiger partial charge in [-0.1, -0.05) is 62.4 Å². The Balaban J connectivity index is 0.974. The average Bonchev–Trinajstić information content (AvgIpc) is 4.15. The summed E-state index contributed by atoms with van der Waals surface area (Å²) in [5.41, 5.74) is 7.10. The molecule has 0 bridgehead atoms. The first-order valence-electron chi connectivity index (χ1n) is 22.1. The zero-order chi connectivity index (χ0) is 45.5. The fourth-order valence-electron chi connectivity index (χ4n) is 9.83. The third-order valence-corrected chi connectivity index (χ3v) is 13.1. The van der Waals surface area contributed by atoms with Crippen LogP contribution in [0.3, 0.4) is 0 Å². The zero-order valence-electron chi connectivity index (χ0n) is 37.3. The standard InChI is InChI=1S/C49H54N8O8/c1-26(2)41(54-48(60)63-5)47(59)57-27(3)12-17-38(57)45-51-36-16-14-30-20-35-33-15-13-31(19-32(33)25-65-40(35)21-34(30)43(36)53-45)37-22-50-44(52-37)39-18-28(24-62-4)23-56(39)46(58)42(55-49(61)64-6)29-10-8-7-9-11-29/h7-11,13-16,19-22,26-28,38-39,41-42H,12,17-18,23-25H2,1-6H3,(H,50,52)(H,51,53)(H,54,60)(H,55,61)/t27-,28-,38-,39-,41-,42?/m0/s1. The Kier molecular flexibility index (Phi) is 11.9. The van der Waals surface area contributed by atoms with Crippen LogP contribution in [-0.2, 0) is 30.4 Å². The molecular formula is C49H54N8O8. The zero-order valence-corrected chi connectivity index (χ0v) is 37.3. The number of carbonyl (C=O) groups excluding carboxylic acids is 4. The van der Waals surface area contributed by atoms with Crippen molar-refractivity contribution in [2.45, 2.75) is 76.8 Å². The molecular weight excluding hydrogens is 829 g/mol. The Hall–Kier alpha value is -6.94. The number of alkyl carbamates (subject to hydrolysis) is 2. The molecule has 9 rings (SSSR count). The van der Waals surface area contributed by atoms with Crippen LogP contribution in [0.25, 0.3) is 44.2 Å². The summed E-state index contributed by atoms with van der Waals surface area (Å²) in [7, 11) is 4.22. The molecule has 0 radical (unpaired) electrons. The number of hydrogen-bond donors (Lipinski definition) is 4. The second-order valence-electron chi connectivity index (χ2n) is 17.6. The summed E-state index contributed by atoms with van der Waals surface area (Å²) in [6.07, 6.45) is 2.64. The number of amides is 4. The summed E-state index contributed by atoms with van der Waals surface area (Å²) in [4.78, 5) is 73.5. The molecule has 5 heterocycles. The lowest BCUT2D eigenvalue weighted by Gasteiger charge is -2.32. The minimum Gasteiger partial charge on any atom is -0.488 e. The first kappa shape index (κ1) is 43.3. The van der Waals surface area contributed by atoms with E-state index in [0.29, 0.717) is 43.4 Å². The number of fused-ring (bicyclic) bond motifs is 6. The Labute approximate surface area is 376 Å². The molecule has 2 fully saturated rings. The van der Waals surface area contributed by atoms with Crippen molar-refractivity contribution < 1.29 is 38.1 Å². The molecule has 2 saturated heterocycles. The number of H-pyrrole nitrogens is 2. The smallest absolute Gasteiger partial charge is 0.407 e. The number of nitrogens with zero attached hydrogens (tertiary/aromatic N) is 4. The van der Waals surface area contributed by atoms with Crippen molar-refractivity contribution in [1.82, 2.24) is 40.4 Å². The quantitative estimate of drug-likeness (QED) is 0.100. The number of aromatic amines is 2. The van der Waals surface area contributed by atoms with Gasteiger partial charge in [0.05, 0.1) is 55.8 Å². The number of imidazole rings is 2. The molecule has 16 heteroatoms. The molecule has 6 atom stereocenters.